The molecule has 0 radical (unpaired) electrons. The van der Waals surface area contributed by atoms with Crippen LogP contribution in [-0.4, -0.2) is 42.4 Å². The molecule has 104 valence electrons. The van der Waals surface area contributed by atoms with Crippen LogP contribution in [0.2, 0.25) is 0 Å². The fourth-order valence-electron chi connectivity index (χ4n) is 2.00. The van der Waals surface area contributed by atoms with Gasteiger partial charge in [-0.15, -0.1) is 11.8 Å². The average molecular weight is 279 g/mol. The Balaban J connectivity index is 1.73. The third-order valence-electron chi connectivity index (χ3n) is 3.09. The topological polar surface area (TPSA) is 29.5 Å². The number of hydrogen-bond donors (Lipinski definition) is 0. The van der Waals surface area contributed by atoms with Gasteiger partial charge in [-0.05, 0) is 31.9 Å². The monoisotopic (exact) mass is 279 g/mol. The molecule has 1 fully saturated rings. The molecule has 1 aliphatic rings. The Morgan fingerprint density at radius 1 is 1.37 bits per heavy atom. The van der Waals surface area contributed by atoms with Gasteiger partial charge in [-0.3, -0.25) is 9.69 Å². The van der Waals surface area contributed by atoms with Crippen molar-refractivity contribution < 1.29 is 9.53 Å². The van der Waals surface area contributed by atoms with Crippen molar-refractivity contribution in [3.8, 4) is 0 Å². The van der Waals surface area contributed by atoms with Crippen molar-refractivity contribution in [1.82, 2.24) is 4.90 Å². The first-order valence-corrected chi connectivity index (χ1v) is 7.85. The van der Waals surface area contributed by atoms with E-state index in [1.165, 1.54) is 17.7 Å². The van der Waals surface area contributed by atoms with Crippen LogP contribution in [0, 0.1) is 0 Å². The van der Waals surface area contributed by atoms with E-state index in [2.05, 4.69) is 29.2 Å². The van der Waals surface area contributed by atoms with E-state index in [1.807, 2.05) is 24.8 Å². The largest absolute Gasteiger partial charge is 0.465 e. The molecule has 2 rings (SSSR count). The molecule has 4 heteroatoms. The van der Waals surface area contributed by atoms with E-state index in [0.717, 1.165) is 12.3 Å². The number of carbonyl (C=O) groups excluding carboxylic acids is 1. The lowest BCUT2D eigenvalue weighted by Gasteiger charge is -2.20. The molecule has 0 saturated heterocycles. The van der Waals surface area contributed by atoms with Gasteiger partial charge in [0.15, 0.2) is 0 Å². The summed E-state index contributed by atoms with van der Waals surface area (Å²) < 4.78 is 5.03. The second-order valence-electron chi connectivity index (χ2n) is 4.67. The molecular formula is C15H21NO2S. The summed E-state index contributed by atoms with van der Waals surface area (Å²) in [6, 6.07) is 11.0. The maximum atomic E-state index is 11.5. The zero-order valence-electron chi connectivity index (χ0n) is 11.4. The third kappa shape index (κ3) is 5.25. The maximum Gasteiger partial charge on any atom is 0.320 e. The lowest BCUT2D eigenvalue weighted by molar-refractivity contribution is -0.144. The number of rotatable bonds is 8. The number of hydrogen-bond acceptors (Lipinski definition) is 4. The second kappa shape index (κ2) is 7.56. The summed E-state index contributed by atoms with van der Waals surface area (Å²) in [7, 11) is 0. The molecule has 19 heavy (non-hydrogen) atoms. The van der Waals surface area contributed by atoms with E-state index in [0.29, 0.717) is 19.2 Å². The molecule has 1 aliphatic carbocycles. The van der Waals surface area contributed by atoms with Gasteiger partial charge in [-0.1, -0.05) is 18.2 Å². The van der Waals surface area contributed by atoms with Crippen molar-refractivity contribution in [3.05, 3.63) is 30.3 Å². The summed E-state index contributed by atoms with van der Waals surface area (Å²) in [6.07, 6.45) is 2.44. The zero-order chi connectivity index (χ0) is 13.5. The molecule has 1 saturated carbocycles. The highest BCUT2D eigenvalue weighted by Gasteiger charge is 2.30. The fraction of sp³-hybridized carbons (Fsp3) is 0.533. The number of benzene rings is 1. The highest BCUT2D eigenvalue weighted by atomic mass is 32.2. The van der Waals surface area contributed by atoms with Crippen LogP contribution < -0.4 is 0 Å². The van der Waals surface area contributed by atoms with Gasteiger partial charge in [0, 0.05) is 23.2 Å². The summed E-state index contributed by atoms with van der Waals surface area (Å²) in [5, 5.41) is 0. The molecule has 1 aromatic carbocycles. The summed E-state index contributed by atoms with van der Waals surface area (Å²) in [5.41, 5.74) is 0. The molecule has 0 N–H and O–H groups in total. The Morgan fingerprint density at radius 3 is 2.74 bits per heavy atom. The smallest absolute Gasteiger partial charge is 0.320 e. The molecule has 3 nitrogen and oxygen atoms in total. The van der Waals surface area contributed by atoms with Gasteiger partial charge in [0.25, 0.3) is 0 Å². The average Bonchev–Trinajstić information content (AvgIpc) is 3.23. The van der Waals surface area contributed by atoms with E-state index in [9.17, 15) is 4.79 Å². The number of nitrogens with zero attached hydrogens (tertiary/aromatic N) is 1. The number of thioether (sulfide) groups is 1. The van der Waals surface area contributed by atoms with Crippen molar-refractivity contribution in [2.45, 2.75) is 30.7 Å². The van der Waals surface area contributed by atoms with E-state index in [4.69, 9.17) is 4.74 Å². The van der Waals surface area contributed by atoms with Gasteiger partial charge < -0.3 is 4.74 Å². The van der Waals surface area contributed by atoms with Crippen molar-refractivity contribution in [1.29, 1.82) is 0 Å². The standard InChI is InChI=1S/C15H21NO2S/c1-2-18-15(17)12-16(13-8-9-13)10-11-19-14-6-4-3-5-7-14/h3-7,13H,2,8-12H2,1H3. The van der Waals surface area contributed by atoms with Gasteiger partial charge in [0.2, 0.25) is 0 Å². The highest BCUT2D eigenvalue weighted by molar-refractivity contribution is 7.99. The summed E-state index contributed by atoms with van der Waals surface area (Å²) in [6.45, 7) is 3.71. The molecule has 1 aromatic rings. The first-order valence-electron chi connectivity index (χ1n) is 6.87. The van der Waals surface area contributed by atoms with E-state index in [1.54, 1.807) is 0 Å². The van der Waals surface area contributed by atoms with Gasteiger partial charge in [0.1, 0.15) is 0 Å². The lowest BCUT2D eigenvalue weighted by Crippen LogP contribution is -2.34. The highest BCUT2D eigenvalue weighted by Crippen LogP contribution is 2.27. The van der Waals surface area contributed by atoms with Crippen LogP contribution in [0.15, 0.2) is 35.2 Å². The van der Waals surface area contributed by atoms with Crippen LogP contribution in [-0.2, 0) is 9.53 Å². The Hall–Kier alpha value is -1.00. The SMILES string of the molecule is CCOC(=O)CN(CCSc1ccccc1)C1CC1. The Kier molecular flexibility index (Phi) is 5.73. The van der Waals surface area contributed by atoms with Gasteiger partial charge >= 0.3 is 5.97 Å². The van der Waals surface area contributed by atoms with Crippen LogP contribution in [0.25, 0.3) is 0 Å². The zero-order valence-corrected chi connectivity index (χ0v) is 12.2. The number of esters is 1. The molecule has 0 bridgehead atoms. The normalized spacial score (nSPS) is 14.6. The van der Waals surface area contributed by atoms with Crippen LogP contribution in [0.5, 0.6) is 0 Å². The Bertz CT molecular complexity index is 392. The molecular weight excluding hydrogens is 258 g/mol. The van der Waals surface area contributed by atoms with Crippen molar-refractivity contribution in [2.75, 3.05) is 25.4 Å². The maximum absolute atomic E-state index is 11.5. The second-order valence-corrected chi connectivity index (χ2v) is 5.84. The quantitative estimate of drug-likeness (QED) is 0.540. The summed E-state index contributed by atoms with van der Waals surface area (Å²) >= 11 is 1.84. The predicted molar refractivity (Wildman–Crippen MR) is 78.4 cm³/mol. The van der Waals surface area contributed by atoms with Crippen molar-refractivity contribution in [2.24, 2.45) is 0 Å². The molecule has 0 spiro atoms. The van der Waals surface area contributed by atoms with Crippen LogP contribution >= 0.6 is 11.8 Å². The van der Waals surface area contributed by atoms with E-state index >= 15 is 0 Å². The minimum Gasteiger partial charge on any atom is -0.465 e. The van der Waals surface area contributed by atoms with Gasteiger partial charge in [0.05, 0.1) is 13.2 Å². The molecule has 0 aromatic heterocycles. The lowest BCUT2D eigenvalue weighted by atomic mass is 10.4. The van der Waals surface area contributed by atoms with Crippen LogP contribution in [0.3, 0.4) is 0 Å². The molecule has 0 atom stereocenters. The van der Waals surface area contributed by atoms with Gasteiger partial charge in [-0.2, -0.15) is 0 Å². The molecule has 0 heterocycles. The molecule has 0 unspecified atom stereocenters. The number of carbonyl (C=O) groups is 1. The minimum absolute atomic E-state index is 0.0980. The van der Waals surface area contributed by atoms with Gasteiger partial charge in [-0.25, -0.2) is 0 Å². The fourth-order valence-corrected chi connectivity index (χ4v) is 2.91. The Morgan fingerprint density at radius 2 is 2.11 bits per heavy atom. The first-order chi connectivity index (χ1) is 9.29. The molecule has 0 aliphatic heterocycles. The Labute approximate surface area is 119 Å². The van der Waals surface area contributed by atoms with Crippen LogP contribution in [0.4, 0.5) is 0 Å². The number of ether oxygens (including phenoxy) is 1. The third-order valence-corrected chi connectivity index (χ3v) is 4.08. The van der Waals surface area contributed by atoms with Crippen molar-refractivity contribution in [3.63, 3.8) is 0 Å². The van der Waals surface area contributed by atoms with Crippen LogP contribution in [0.1, 0.15) is 19.8 Å². The van der Waals surface area contributed by atoms with Crippen molar-refractivity contribution >= 4 is 17.7 Å². The van der Waals surface area contributed by atoms with E-state index < -0.39 is 0 Å². The van der Waals surface area contributed by atoms with E-state index in [-0.39, 0.29) is 5.97 Å². The minimum atomic E-state index is -0.0980. The molecule has 0 amide bonds. The predicted octanol–water partition coefficient (Wildman–Crippen LogP) is 2.81. The summed E-state index contributed by atoms with van der Waals surface area (Å²) in [5.74, 6) is 0.916. The summed E-state index contributed by atoms with van der Waals surface area (Å²) in [4.78, 5) is 15.1. The first kappa shape index (κ1) is 14.4.